The number of para-hydroxylation sites is 1. The summed E-state index contributed by atoms with van der Waals surface area (Å²) in [6, 6.07) is 10.6. The van der Waals surface area contributed by atoms with Gasteiger partial charge in [0.1, 0.15) is 5.75 Å². The molecule has 124 valence electrons. The SMILES string of the molecule is FC(F)Oc1ccccc1[C@H](c1ccc(Cl)s1)N1CCNCC1. The number of benzene rings is 1. The molecule has 1 N–H and O–H groups in total. The molecule has 2 heterocycles. The van der Waals surface area contributed by atoms with E-state index in [0.717, 1.165) is 36.6 Å². The molecule has 0 spiro atoms. The number of nitrogens with one attached hydrogen (secondary N) is 1. The van der Waals surface area contributed by atoms with Gasteiger partial charge in [-0.05, 0) is 18.2 Å². The zero-order valence-corrected chi connectivity index (χ0v) is 13.9. The maximum absolute atomic E-state index is 12.7. The Kier molecular flexibility index (Phi) is 5.48. The van der Waals surface area contributed by atoms with Gasteiger partial charge < -0.3 is 10.1 Å². The summed E-state index contributed by atoms with van der Waals surface area (Å²) in [4.78, 5) is 3.30. The van der Waals surface area contributed by atoms with Crippen LogP contribution in [0.5, 0.6) is 5.75 Å². The van der Waals surface area contributed by atoms with E-state index in [4.69, 9.17) is 16.3 Å². The second-order valence-corrected chi connectivity index (χ2v) is 6.99. The highest BCUT2D eigenvalue weighted by Crippen LogP contribution is 2.39. The van der Waals surface area contributed by atoms with Crippen LogP contribution in [-0.4, -0.2) is 37.7 Å². The van der Waals surface area contributed by atoms with Crippen LogP contribution in [-0.2, 0) is 0 Å². The van der Waals surface area contributed by atoms with Crippen molar-refractivity contribution in [1.29, 1.82) is 0 Å². The monoisotopic (exact) mass is 358 g/mol. The Balaban J connectivity index is 2.01. The van der Waals surface area contributed by atoms with Crippen molar-refractivity contribution in [2.75, 3.05) is 26.2 Å². The average molecular weight is 359 g/mol. The van der Waals surface area contributed by atoms with Crippen molar-refractivity contribution in [2.24, 2.45) is 0 Å². The first-order valence-electron chi connectivity index (χ1n) is 7.39. The molecule has 0 unspecified atom stereocenters. The summed E-state index contributed by atoms with van der Waals surface area (Å²) in [7, 11) is 0. The molecule has 0 saturated carbocycles. The van der Waals surface area contributed by atoms with Crippen LogP contribution in [0.4, 0.5) is 8.78 Å². The molecule has 1 aromatic carbocycles. The fraction of sp³-hybridized carbons (Fsp3) is 0.375. The molecule has 1 fully saturated rings. The topological polar surface area (TPSA) is 24.5 Å². The van der Waals surface area contributed by atoms with E-state index in [1.54, 1.807) is 12.1 Å². The summed E-state index contributed by atoms with van der Waals surface area (Å²) in [6.45, 7) is 0.569. The molecule has 2 aromatic rings. The van der Waals surface area contributed by atoms with Crippen molar-refractivity contribution in [1.82, 2.24) is 10.2 Å². The van der Waals surface area contributed by atoms with Crippen molar-refractivity contribution >= 4 is 22.9 Å². The Morgan fingerprint density at radius 1 is 1.13 bits per heavy atom. The van der Waals surface area contributed by atoms with Crippen LogP contribution in [0.2, 0.25) is 4.34 Å². The molecule has 3 rings (SSSR count). The Labute approximate surface area is 142 Å². The van der Waals surface area contributed by atoms with E-state index in [9.17, 15) is 8.78 Å². The van der Waals surface area contributed by atoms with Crippen LogP contribution in [0.25, 0.3) is 0 Å². The van der Waals surface area contributed by atoms with Gasteiger partial charge in [0.2, 0.25) is 0 Å². The molecule has 3 nitrogen and oxygen atoms in total. The van der Waals surface area contributed by atoms with Crippen molar-refractivity contribution < 1.29 is 13.5 Å². The van der Waals surface area contributed by atoms with E-state index >= 15 is 0 Å². The van der Waals surface area contributed by atoms with Gasteiger partial charge in [0, 0.05) is 36.6 Å². The Morgan fingerprint density at radius 3 is 2.52 bits per heavy atom. The van der Waals surface area contributed by atoms with E-state index in [1.165, 1.54) is 11.3 Å². The highest BCUT2D eigenvalue weighted by Gasteiger charge is 2.28. The summed E-state index contributed by atoms with van der Waals surface area (Å²) >= 11 is 7.56. The number of halogens is 3. The third-order valence-electron chi connectivity index (χ3n) is 3.81. The Hall–Kier alpha value is -1.21. The first kappa shape index (κ1) is 16.6. The average Bonchev–Trinajstić information content (AvgIpc) is 2.96. The quantitative estimate of drug-likeness (QED) is 0.874. The fourth-order valence-electron chi connectivity index (χ4n) is 2.86. The van der Waals surface area contributed by atoms with Crippen LogP contribution in [0.3, 0.4) is 0 Å². The van der Waals surface area contributed by atoms with Gasteiger partial charge in [0.25, 0.3) is 0 Å². The summed E-state index contributed by atoms with van der Waals surface area (Å²) in [5, 5.41) is 3.31. The normalized spacial score (nSPS) is 17.4. The van der Waals surface area contributed by atoms with E-state index in [2.05, 4.69) is 10.2 Å². The molecule has 1 aliphatic rings. The second-order valence-electron chi connectivity index (χ2n) is 5.25. The van der Waals surface area contributed by atoms with E-state index < -0.39 is 6.61 Å². The Morgan fingerprint density at radius 2 is 1.87 bits per heavy atom. The molecule has 23 heavy (non-hydrogen) atoms. The number of alkyl halides is 2. The summed E-state index contributed by atoms with van der Waals surface area (Å²) in [5.41, 5.74) is 0.744. The molecule has 1 aliphatic heterocycles. The predicted molar refractivity (Wildman–Crippen MR) is 88.7 cm³/mol. The number of hydrogen-bond donors (Lipinski definition) is 1. The summed E-state index contributed by atoms with van der Waals surface area (Å²) < 4.78 is 30.9. The third-order valence-corrected chi connectivity index (χ3v) is 5.09. The first-order valence-corrected chi connectivity index (χ1v) is 8.58. The van der Waals surface area contributed by atoms with Crippen LogP contribution < -0.4 is 10.1 Å². The van der Waals surface area contributed by atoms with Gasteiger partial charge in [0.15, 0.2) is 0 Å². The standard InChI is InChI=1S/C16H17ClF2N2OS/c17-14-6-5-13(23-14)15(21-9-7-20-8-10-21)11-3-1-2-4-12(11)22-16(18)19/h1-6,15-16,20H,7-10H2/t15-/m1/s1. The van der Waals surface area contributed by atoms with Crippen LogP contribution >= 0.6 is 22.9 Å². The zero-order valence-electron chi connectivity index (χ0n) is 12.3. The molecule has 7 heteroatoms. The molecule has 0 amide bonds. The lowest BCUT2D eigenvalue weighted by Gasteiger charge is -2.35. The maximum atomic E-state index is 12.7. The van der Waals surface area contributed by atoms with Gasteiger partial charge in [-0.2, -0.15) is 8.78 Å². The fourth-order valence-corrected chi connectivity index (χ4v) is 4.07. The molecule has 0 bridgehead atoms. The number of nitrogens with zero attached hydrogens (tertiary/aromatic N) is 1. The van der Waals surface area contributed by atoms with E-state index in [0.29, 0.717) is 4.34 Å². The lowest BCUT2D eigenvalue weighted by molar-refractivity contribution is -0.0510. The molecule has 0 aliphatic carbocycles. The maximum Gasteiger partial charge on any atom is 0.387 e. The van der Waals surface area contributed by atoms with E-state index in [1.807, 2.05) is 24.3 Å². The highest BCUT2D eigenvalue weighted by atomic mass is 35.5. The second kappa shape index (κ2) is 7.57. The van der Waals surface area contributed by atoms with Gasteiger partial charge in [-0.1, -0.05) is 29.8 Å². The third kappa shape index (κ3) is 4.01. The van der Waals surface area contributed by atoms with Crippen LogP contribution in [0.15, 0.2) is 36.4 Å². The van der Waals surface area contributed by atoms with Crippen LogP contribution in [0, 0.1) is 0 Å². The van der Waals surface area contributed by atoms with Gasteiger partial charge in [-0.25, -0.2) is 0 Å². The molecule has 1 atom stereocenters. The molecule has 1 saturated heterocycles. The number of piperazine rings is 1. The largest absolute Gasteiger partial charge is 0.434 e. The first-order chi connectivity index (χ1) is 11.1. The van der Waals surface area contributed by atoms with Crippen molar-refractivity contribution in [3.05, 3.63) is 51.2 Å². The minimum Gasteiger partial charge on any atom is -0.434 e. The lowest BCUT2D eigenvalue weighted by atomic mass is 10.0. The molecular weight excluding hydrogens is 342 g/mol. The smallest absolute Gasteiger partial charge is 0.387 e. The van der Waals surface area contributed by atoms with Gasteiger partial charge in [0.05, 0.1) is 10.4 Å². The minimum atomic E-state index is -2.84. The van der Waals surface area contributed by atoms with Gasteiger partial charge >= 0.3 is 6.61 Å². The zero-order chi connectivity index (χ0) is 16.2. The molecular formula is C16H17ClF2N2OS. The number of rotatable bonds is 5. The number of hydrogen-bond acceptors (Lipinski definition) is 4. The molecule has 1 aromatic heterocycles. The number of ether oxygens (including phenoxy) is 1. The summed E-state index contributed by atoms with van der Waals surface area (Å²) in [5.74, 6) is 0.218. The van der Waals surface area contributed by atoms with Gasteiger partial charge in [-0.3, -0.25) is 4.90 Å². The van der Waals surface area contributed by atoms with Crippen LogP contribution in [0.1, 0.15) is 16.5 Å². The van der Waals surface area contributed by atoms with Crippen molar-refractivity contribution in [3.8, 4) is 5.75 Å². The van der Waals surface area contributed by atoms with Crippen molar-refractivity contribution in [3.63, 3.8) is 0 Å². The molecule has 0 radical (unpaired) electrons. The Bertz CT molecular complexity index is 647. The van der Waals surface area contributed by atoms with Crippen molar-refractivity contribution in [2.45, 2.75) is 12.7 Å². The lowest BCUT2D eigenvalue weighted by Crippen LogP contribution is -2.45. The highest BCUT2D eigenvalue weighted by molar-refractivity contribution is 7.16. The van der Waals surface area contributed by atoms with Gasteiger partial charge in [-0.15, -0.1) is 11.3 Å². The predicted octanol–water partition coefficient (Wildman–Crippen LogP) is 4.00. The minimum absolute atomic E-state index is 0.135. The number of thiophene rings is 1. The van der Waals surface area contributed by atoms with E-state index in [-0.39, 0.29) is 11.8 Å². The summed E-state index contributed by atoms with van der Waals surface area (Å²) in [6.07, 6.45) is 0.